The number of rotatable bonds is 5. The number of piperazine rings is 1. The highest BCUT2D eigenvalue weighted by molar-refractivity contribution is 5.88. The second-order valence-corrected chi connectivity index (χ2v) is 6.84. The van der Waals surface area contributed by atoms with Gasteiger partial charge in [0.1, 0.15) is 5.82 Å². The van der Waals surface area contributed by atoms with Crippen molar-refractivity contribution >= 4 is 17.3 Å². The van der Waals surface area contributed by atoms with Crippen LogP contribution in [-0.4, -0.2) is 64.5 Å². The quantitative estimate of drug-likeness (QED) is 0.683. The number of benzene rings is 1. The topological polar surface area (TPSA) is 96.6 Å². The maximum atomic E-state index is 10.7. The third-order valence-electron chi connectivity index (χ3n) is 4.97. The molecule has 1 aliphatic heterocycles. The van der Waals surface area contributed by atoms with Gasteiger partial charge in [-0.15, -0.1) is 0 Å². The molecule has 0 spiro atoms. The molecular weight excluding hydrogens is 352 g/mol. The summed E-state index contributed by atoms with van der Waals surface area (Å²) in [5.74, 6) is 0.435. The maximum Gasteiger partial charge on any atom is 0.151 e. The fourth-order valence-electron chi connectivity index (χ4n) is 3.26. The van der Waals surface area contributed by atoms with E-state index in [4.69, 9.17) is 11.5 Å². The van der Waals surface area contributed by atoms with Gasteiger partial charge < -0.3 is 21.5 Å². The van der Waals surface area contributed by atoms with Crippen LogP contribution < -0.4 is 11.5 Å². The third-order valence-corrected chi connectivity index (χ3v) is 4.97. The highest BCUT2D eigenvalue weighted by Crippen LogP contribution is 2.27. The molecule has 0 aliphatic carbocycles. The lowest BCUT2D eigenvalue weighted by Crippen LogP contribution is -2.45. The van der Waals surface area contributed by atoms with E-state index in [1.807, 2.05) is 51.1 Å². The molecule has 2 heterocycles. The van der Waals surface area contributed by atoms with Crippen LogP contribution >= 0.6 is 0 Å². The summed E-state index contributed by atoms with van der Waals surface area (Å²) < 4.78 is 1.76. The number of hydrogen-bond acceptors (Lipinski definition) is 6. The Morgan fingerprint density at radius 2 is 1.68 bits per heavy atom. The van der Waals surface area contributed by atoms with E-state index in [2.05, 4.69) is 21.9 Å². The summed E-state index contributed by atoms with van der Waals surface area (Å²) in [6.07, 6.45) is 0. The monoisotopic (exact) mass is 386 g/mol. The summed E-state index contributed by atoms with van der Waals surface area (Å²) in [4.78, 5) is 4.74. The number of nitrogens with zero attached hydrogens (tertiary/aromatic N) is 4. The number of aromatic nitrogens is 2. The van der Waals surface area contributed by atoms with E-state index < -0.39 is 0 Å². The van der Waals surface area contributed by atoms with Gasteiger partial charge in [-0.1, -0.05) is 44.2 Å². The molecule has 28 heavy (non-hydrogen) atoms. The number of aryl methyl sites for hydroxylation is 1. The molecule has 7 heteroatoms. The van der Waals surface area contributed by atoms with E-state index in [9.17, 15) is 5.11 Å². The lowest BCUT2D eigenvalue weighted by atomic mass is 10.1. The van der Waals surface area contributed by atoms with Gasteiger partial charge in [0.2, 0.25) is 0 Å². The number of aliphatic hydroxyl groups is 1. The van der Waals surface area contributed by atoms with Crippen LogP contribution in [0.3, 0.4) is 0 Å². The fourth-order valence-corrected chi connectivity index (χ4v) is 3.26. The minimum atomic E-state index is -0.0166. The van der Waals surface area contributed by atoms with Crippen molar-refractivity contribution in [3.8, 4) is 0 Å². The second kappa shape index (κ2) is 10.1. The minimum absolute atomic E-state index is 0.0166. The molecule has 0 unspecified atom stereocenters. The Morgan fingerprint density at radius 1 is 1.07 bits per heavy atom. The van der Waals surface area contributed by atoms with Crippen LogP contribution in [0.15, 0.2) is 30.3 Å². The van der Waals surface area contributed by atoms with Crippen LogP contribution in [0, 0.1) is 6.92 Å². The molecule has 2 aromatic rings. The Balaban J connectivity index is 0.00000136. The smallest absolute Gasteiger partial charge is 0.151 e. The highest BCUT2D eigenvalue weighted by atomic mass is 16.3. The minimum Gasteiger partial charge on any atom is -0.505 e. The molecular formula is C21H34N6O. The number of nitrogens with two attached hydrogens (primary N) is 2. The second-order valence-electron chi connectivity index (χ2n) is 6.84. The van der Waals surface area contributed by atoms with Crippen LogP contribution in [0.2, 0.25) is 0 Å². The lowest BCUT2D eigenvalue weighted by Gasteiger charge is -2.32. The van der Waals surface area contributed by atoms with Gasteiger partial charge in [-0.2, -0.15) is 5.10 Å². The van der Waals surface area contributed by atoms with Crippen molar-refractivity contribution in [3.63, 3.8) is 0 Å². The molecule has 1 aromatic carbocycles. The normalized spacial score (nSPS) is 16.3. The first-order valence-corrected chi connectivity index (χ1v) is 9.95. The molecule has 0 saturated carbocycles. The molecule has 154 valence electrons. The van der Waals surface area contributed by atoms with Gasteiger partial charge in [-0.25, -0.2) is 4.68 Å². The molecule has 3 rings (SSSR count). The molecule has 0 radical (unpaired) electrons. The third kappa shape index (κ3) is 5.05. The van der Waals surface area contributed by atoms with Gasteiger partial charge in [0.25, 0.3) is 0 Å². The van der Waals surface area contributed by atoms with E-state index in [0.29, 0.717) is 29.3 Å². The number of hydrogen-bond donors (Lipinski definition) is 3. The van der Waals surface area contributed by atoms with Crippen molar-refractivity contribution < 1.29 is 5.11 Å². The number of nitrogen functional groups attached to an aromatic ring is 1. The first kappa shape index (κ1) is 21.8. The number of anilines is 1. The van der Waals surface area contributed by atoms with Gasteiger partial charge in [0.05, 0.1) is 23.5 Å². The molecule has 0 bridgehead atoms. The Morgan fingerprint density at radius 3 is 2.29 bits per heavy atom. The lowest BCUT2D eigenvalue weighted by molar-refractivity contribution is 0.149. The van der Waals surface area contributed by atoms with Crippen LogP contribution in [0.4, 0.5) is 5.82 Å². The van der Waals surface area contributed by atoms with Gasteiger partial charge in [0, 0.05) is 38.3 Å². The molecule has 1 aliphatic rings. The van der Waals surface area contributed by atoms with E-state index in [0.717, 1.165) is 38.3 Å². The predicted molar refractivity (Wildman–Crippen MR) is 117 cm³/mol. The Hall–Kier alpha value is -2.51. The van der Waals surface area contributed by atoms with Crippen LogP contribution in [-0.2, 0) is 6.54 Å². The molecule has 1 fully saturated rings. The van der Waals surface area contributed by atoms with Crippen molar-refractivity contribution in [1.82, 2.24) is 19.6 Å². The molecule has 0 atom stereocenters. The molecule has 1 aromatic heterocycles. The van der Waals surface area contributed by atoms with Gasteiger partial charge in [-0.05, 0) is 14.0 Å². The zero-order valence-electron chi connectivity index (χ0n) is 17.5. The molecule has 5 N–H and O–H groups in total. The average molecular weight is 387 g/mol. The van der Waals surface area contributed by atoms with E-state index in [1.165, 1.54) is 0 Å². The van der Waals surface area contributed by atoms with Crippen molar-refractivity contribution in [2.24, 2.45) is 5.73 Å². The SMILES string of the molecule is CC.Cc1nn(CCN2CCN(C)CC2)c(N)c1/C(O)=C(\N)c1ccccc1. The Labute approximate surface area is 168 Å². The van der Waals surface area contributed by atoms with E-state index in [-0.39, 0.29) is 5.76 Å². The summed E-state index contributed by atoms with van der Waals surface area (Å²) in [5.41, 5.74) is 14.7. The van der Waals surface area contributed by atoms with E-state index in [1.54, 1.807) is 4.68 Å². The van der Waals surface area contributed by atoms with Crippen molar-refractivity contribution in [2.75, 3.05) is 45.5 Å². The Bertz CT molecular complexity index is 776. The largest absolute Gasteiger partial charge is 0.505 e. The number of aliphatic hydroxyl groups excluding tert-OH is 1. The standard InChI is InChI=1S/C19H28N6O.C2H6/c1-14-16(18(26)17(20)15-6-4-3-5-7-15)19(21)25(22-14)13-12-24-10-8-23(2)9-11-24;1-2/h3-7,26H,8-13,20-21H2,1-2H3;1-2H3/b18-17+;. The summed E-state index contributed by atoms with van der Waals surface area (Å²) in [7, 11) is 2.14. The summed E-state index contributed by atoms with van der Waals surface area (Å²) in [5, 5.41) is 15.2. The maximum absolute atomic E-state index is 10.7. The molecule has 7 nitrogen and oxygen atoms in total. The molecule has 1 saturated heterocycles. The fraction of sp³-hybridized carbons (Fsp3) is 0.476. The first-order chi connectivity index (χ1) is 13.5. The molecule has 0 amide bonds. The zero-order chi connectivity index (χ0) is 20.7. The van der Waals surface area contributed by atoms with Crippen LogP contribution in [0.5, 0.6) is 0 Å². The predicted octanol–water partition coefficient (Wildman–Crippen LogP) is 2.39. The van der Waals surface area contributed by atoms with E-state index >= 15 is 0 Å². The Kier molecular flexibility index (Phi) is 7.90. The summed E-state index contributed by atoms with van der Waals surface area (Å²) in [6.45, 7) is 11.7. The highest BCUT2D eigenvalue weighted by Gasteiger charge is 2.20. The van der Waals surface area contributed by atoms with Gasteiger partial charge in [0.15, 0.2) is 5.76 Å². The number of likely N-dealkylation sites (N-methyl/N-ethyl adjacent to an activating group) is 1. The van der Waals surface area contributed by atoms with Crippen molar-refractivity contribution in [3.05, 3.63) is 47.2 Å². The van der Waals surface area contributed by atoms with Crippen molar-refractivity contribution in [1.29, 1.82) is 0 Å². The van der Waals surface area contributed by atoms with Gasteiger partial charge >= 0.3 is 0 Å². The van der Waals surface area contributed by atoms with Crippen LogP contribution in [0.25, 0.3) is 11.5 Å². The van der Waals surface area contributed by atoms with Gasteiger partial charge in [-0.3, -0.25) is 4.90 Å². The zero-order valence-corrected chi connectivity index (χ0v) is 17.5. The van der Waals surface area contributed by atoms with Crippen molar-refractivity contribution in [2.45, 2.75) is 27.3 Å². The average Bonchev–Trinajstić information content (AvgIpc) is 3.02. The summed E-state index contributed by atoms with van der Waals surface area (Å²) in [6, 6.07) is 9.38. The summed E-state index contributed by atoms with van der Waals surface area (Å²) >= 11 is 0. The van der Waals surface area contributed by atoms with Crippen LogP contribution in [0.1, 0.15) is 30.7 Å². The first-order valence-electron chi connectivity index (χ1n) is 9.95.